The highest BCUT2D eigenvalue weighted by Crippen LogP contribution is 2.21. The van der Waals surface area contributed by atoms with Crippen LogP contribution in [0.1, 0.15) is 88.0 Å². The van der Waals surface area contributed by atoms with Crippen molar-refractivity contribution in [2.45, 2.75) is 136 Å². The van der Waals surface area contributed by atoms with Crippen LogP contribution in [0, 0.1) is 0 Å². The molecule has 0 aromatic rings. The van der Waals surface area contributed by atoms with Crippen molar-refractivity contribution in [3.63, 3.8) is 0 Å². The molecule has 0 aliphatic rings. The second kappa shape index (κ2) is 77.2. The van der Waals surface area contributed by atoms with E-state index in [4.69, 9.17) is 129 Å². The lowest BCUT2D eigenvalue weighted by atomic mass is 10.5. The van der Waals surface area contributed by atoms with Gasteiger partial charge in [0.15, 0.2) is 0 Å². The van der Waals surface area contributed by atoms with Crippen LogP contribution in [0.5, 0.6) is 0 Å². The molecule has 0 saturated carbocycles. The smallest absolute Gasteiger partial charge is 0.377 e. The molecule has 0 aliphatic carbocycles. The fourth-order valence-electron chi connectivity index (χ4n) is 8.70. The molecule has 101 heavy (non-hydrogen) atoms. The van der Waals surface area contributed by atoms with Crippen molar-refractivity contribution < 1.29 is 106 Å². The molecule has 40 heteroatoms. The topological polar surface area (TPSA) is 339 Å². The summed E-state index contributed by atoms with van der Waals surface area (Å²) >= 11 is 0. The van der Waals surface area contributed by atoms with Crippen LogP contribution in [0.3, 0.4) is 0 Å². The summed E-state index contributed by atoms with van der Waals surface area (Å²) in [6, 6.07) is 6.38. The SMILES string of the molecule is CCO[Si](CCCN(C)C)(OC)OCC.CCO[Si](CCCN)(OC)OCC.CCO[Si](CCN(C)C)(OC)OCC.CCO[Si](CCN)(OCC)OCC.CO[Si](CCCN(C)C)(OC)OC.CO[Si](CCCN)(OC)OC.CO[Si](CCN(C)C)(OC)OC.CO[Si](CCN)(OC)OC. The normalized spacial score (nSPS) is 12.2. The molecule has 0 aromatic heterocycles. The lowest BCUT2D eigenvalue weighted by Crippen LogP contribution is -2.47. The number of nitrogens with zero attached hydrogens (tertiary/aromatic N) is 4. The minimum absolute atomic E-state index is 0.530. The zero-order chi connectivity index (χ0) is 79.8. The van der Waals surface area contributed by atoms with Gasteiger partial charge in [-0.25, -0.2) is 0 Å². The van der Waals surface area contributed by atoms with Crippen molar-refractivity contribution in [3.8, 4) is 0 Å². The van der Waals surface area contributed by atoms with Gasteiger partial charge in [0.05, 0.1) is 0 Å². The summed E-state index contributed by atoms with van der Waals surface area (Å²) in [5, 5.41) is 0. The Balaban J connectivity index is -0.000000164. The van der Waals surface area contributed by atoms with Gasteiger partial charge in [-0.2, -0.15) is 0 Å². The molecule has 0 aromatic carbocycles. The van der Waals surface area contributed by atoms with Crippen LogP contribution >= 0.6 is 0 Å². The van der Waals surface area contributed by atoms with Crippen LogP contribution in [0.25, 0.3) is 0 Å². The number of rotatable bonds is 57. The first-order valence-electron chi connectivity index (χ1n) is 35.3. The van der Waals surface area contributed by atoms with Gasteiger partial charge in [0.25, 0.3) is 0 Å². The maximum Gasteiger partial charge on any atom is 0.502 e. The fourth-order valence-corrected chi connectivity index (χ4v) is 24.8. The zero-order valence-corrected chi connectivity index (χ0v) is 78.4. The van der Waals surface area contributed by atoms with Gasteiger partial charge >= 0.3 is 70.4 Å². The molecule has 8 N–H and O–H groups in total. The van der Waals surface area contributed by atoms with Crippen molar-refractivity contribution >= 4 is 70.4 Å². The maximum atomic E-state index is 5.68. The average molecular weight is 1620 g/mol. The fraction of sp³-hybridized carbons (Fsp3) is 1.00. The highest BCUT2D eigenvalue weighted by Gasteiger charge is 2.43. The molecule has 32 nitrogen and oxygen atoms in total. The molecule has 622 valence electrons. The Kier molecular flexibility index (Phi) is 89.6. The minimum Gasteiger partial charge on any atom is -0.377 e. The third kappa shape index (κ3) is 61.9. The first-order valence-corrected chi connectivity index (χ1v) is 50.7. The highest BCUT2D eigenvalue weighted by molar-refractivity contribution is 6.63. The van der Waals surface area contributed by atoms with Gasteiger partial charge in [-0.1, -0.05) is 0 Å². The van der Waals surface area contributed by atoms with Crippen molar-refractivity contribution in [1.82, 2.24) is 19.6 Å². The maximum absolute atomic E-state index is 5.68. The Morgan fingerprint density at radius 3 is 0.535 bits per heavy atom. The Labute approximate surface area is 627 Å². The molecule has 0 heterocycles. The number of nitrogens with two attached hydrogens (primary N) is 4. The predicted molar refractivity (Wildman–Crippen MR) is 423 cm³/mol. The Bertz CT molecular complexity index is 1570. The second-order valence-electron chi connectivity index (χ2n) is 22.2. The van der Waals surface area contributed by atoms with E-state index in [0.717, 1.165) is 88.1 Å². The third-order valence-electron chi connectivity index (χ3n) is 14.1. The van der Waals surface area contributed by atoms with Crippen molar-refractivity contribution in [2.24, 2.45) is 22.9 Å². The summed E-state index contributed by atoms with van der Waals surface area (Å²) in [4.78, 5) is 8.49. The highest BCUT2D eigenvalue weighted by atomic mass is 28.4. The summed E-state index contributed by atoms with van der Waals surface area (Å²) in [5.74, 6) is 0. The average Bonchev–Trinajstić information content (AvgIpc) is 0.961. The minimum atomic E-state index is -2.42. The van der Waals surface area contributed by atoms with E-state index >= 15 is 0 Å². The molecule has 0 bridgehead atoms. The van der Waals surface area contributed by atoms with E-state index in [2.05, 4.69) is 47.8 Å². The van der Waals surface area contributed by atoms with E-state index in [-0.39, 0.29) is 0 Å². The summed E-state index contributed by atoms with van der Waals surface area (Å²) in [7, 11) is 21.9. The van der Waals surface area contributed by atoms with Gasteiger partial charge in [0.1, 0.15) is 0 Å². The van der Waals surface area contributed by atoms with Gasteiger partial charge in [-0.05, 0) is 184 Å². The lowest BCUT2D eigenvalue weighted by molar-refractivity contribution is 0.0718. The van der Waals surface area contributed by atoms with Crippen LogP contribution in [0.2, 0.25) is 48.4 Å². The molecular formula is C61H162N8O24Si8. The Hall–Kier alpha value is 0.455. The quantitative estimate of drug-likeness (QED) is 0.0502. The molecule has 0 saturated heterocycles. The second-order valence-corrected chi connectivity index (χ2v) is 45.9. The number of hydrogen-bond donors (Lipinski definition) is 4. The Morgan fingerprint density at radius 2 is 0.347 bits per heavy atom. The largest absolute Gasteiger partial charge is 0.502 e. The first-order chi connectivity index (χ1) is 47.9. The van der Waals surface area contributed by atoms with Crippen molar-refractivity contribution in [3.05, 3.63) is 0 Å². The van der Waals surface area contributed by atoms with Crippen LogP contribution < -0.4 is 22.9 Å². The van der Waals surface area contributed by atoms with Gasteiger partial charge in [0.2, 0.25) is 0 Å². The van der Waals surface area contributed by atoms with Crippen LogP contribution in [-0.2, 0) is 106 Å². The summed E-state index contributed by atoms with van der Waals surface area (Å²) in [6.07, 6.45) is 3.85. The molecule has 0 amide bonds. The molecular weight excluding hydrogens is 1450 g/mol. The molecule has 0 radical (unpaired) electrons. The molecule has 0 atom stereocenters. The van der Waals surface area contributed by atoms with E-state index in [1.807, 2.05) is 90.5 Å². The lowest BCUT2D eigenvalue weighted by Gasteiger charge is -2.28. The van der Waals surface area contributed by atoms with Crippen molar-refractivity contribution in [1.29, 1.82) is 0 Å². The van der Waals surface area contributed by atoms with Crippen LogP contribution in [0.4, 0.5) is 0 Å². The van der Waals surface area contributed by atoms with E-state index in [9.17, 15) is 0 Å². The van der Waals surface area contributed by atoms with E-state index in [1.165, 1.54) is 0 Å². The predicted octanol–water partition coefficient (Wildman–Crippen LogP) is 6.07. The van der Waals surface area contributed by atoms with Gasteiger partial charge in [-0.3, -0.25) is 0 Å². The molecule has 0 spiro atoms. The van der Waals surface area contributed by atoms with Crippen molar-refractivity contribution in [2.75, 3.05) is 275 Å². The molecule has 0 fully saturated rings. The first kappa shape index (κ1) is 117. The van der Waals surface area contributed by atoms with E-state index in [1.54, 1.807) is 107 Å². The number of hydrogen-bond acceptors (Lipinski definition) is 32. The van der Waals surface area contributed by atoms with E-state index in [0.29, 0.717) is 97.7 Å². The summed E-state index contributed by atoms with van der Waals surface area (Å²) < 4.78 is 129. The van der Waals surface area contributed by atoms with E-state index < -0.39 is 70.4 Å². The van der Waals surface area contributed by atoms with Gasteiger partial charge < -0.3 is 149 Å². The molecule has 0 rings (SSSR count). The zero-order valence-electron chi connectivity index (χ0n) is 70.4. The summed E-state index contributed by atoms with van der Waals surface area (Å²) in [6.45, 7) is 29.6. The standard InChI is InChI=1S/C10H25NO3Si.C9H23NO3Si.3C8H21NO3Si.C7H19NO3Si.C6H17NO3Si.C5H15NO3Si/c1-6-13-15(12-5,14-7-2)10-8-9-11(3)4;1-6-12-14(11-5,13-7-2)9-8-10(3)4;1-9(2)7-6-8-13(10-3,11-4)12-5;1-4-11-13(10-3,12-5-2)8-6-7-9;1-4-10-13(8-7-9,11-5-2)12-6-3;1-8(2)6-7-12(9-3,10-4)11-5;1-8-11(9-2,10-3)6-4-5-7;1-7-10(8-2,9-3)5-4-6/h6-10H2,1-5H3;6-9H2,1-5H3;6-8H2,1-5H3;2*4-9H2,1-3H3;6-7H2,1-5H3;4-7H2,1-3H3;4-6H2,1-3H3. The monoisotopic (exact) mass is 1610 g/mol. The van der Waals surface area contributed by atoms with Gasteiger partial charge in [0, 0.05) is 228 Å². The van der Waals surface area contributed by atoms with Gasteiger partial charge in [-0.15, -0.1) is 0 Å². The Morgan fingerprint density at radius 1 is 0.188 bits per heavy atom. The molecule has 0 unspecified atom stereocenters. The third-order valence-corrected chi connectivity index (χ3v) is 37.3. The van der Waals surface area contributed by atoms with Crippen LogP contribution in [0.15, 0.2) is 0 Å². The summed E-state index contributed by atoms with van der Waals surface area (Å²) in [5.41, 5.74) is 21.6. The molecule has 0 aliphatic heterocycles. The van der Waals surface area contributed by atoms with Crippen LogP contribution in [-0.4, -0.2) is 365 Å².